The van der Waals surface area contributed by atoms with Crippen LogP contribution in [0.4, 0.5) is 0 Å². The van der Waals surface area contributed by atoms with E-state index in [0.717, 1.165) is 45.8 Å². The SMILES string of the molecule is CC(C)C(=O)CCCOCCOCCOCCN1CCN(C(C)C)CC1. The average Bonchev–Trinajstić information content (AvgIpc) is 2.62. The van der Waals surface area contributed by atoms with E-state index in [2.05, 4.69) is 23.6 Å². The van der Waals surface area contributed by atoms with Crippen LogP contribution in [0.1, 0.15) is 40.5 Å². The van der Waals surface area contributed by atoms with Gasteiger partial charge in [0.25, 0.3) is 0 Å². The molecule has 6 nitrogen and oxygen atoms in total. The third-order valence-electron chi connectivity index (χ3n) is 4.79. The number of carbonyl (C=O) groups excluding carboxylic acids is 1. The molecule has 0 unspecified atom stereocenters. The molecule has 1 heterocycles. The highest BCUT2D eigenvalue weighted by Gasteiger charge is 2.18. The van der Waals surface area contributed by atoms with Gasteiger partial charge < -0.3 is 14.2 Å². The molecule has 0 aromatic heterocycles. The number of piperazine rings is 1. The molecule has 0 aromatic rings. The Morgan fingerprint density at radius 1 is 0.808 bits per heavy atom. The molecule has 0 spiro atoms. The lowest BCUT2D eigenvalue weighted by molar-refractivity contribution is -0.122. The van der Waals surface area contributed by atoms with Crippen LogP contribution in [0, 0.1) is 5.92 Å². The van der Waals surface area contributed by atoms with E-state index >= 15 is 0 Å². The Kier molecular flexibility index (Phi) is 13.1. The van der Waals surface area contributed by atoms with Crippen LogP contribution in [-0.4, -0.2) is 94.0 Å². The van der Waals surface area contributed by atoms with Crippen LogP contribution in [0.3, 0.4) is 0 Å². The summed E-state index contributed by atoms with van der Waals surface area (Å²) in [6.07, 6.45) is 1.41. The molecule has 1 fully saturated rings. The van der Waals surface area contributed by atoms with Gasteiger partial charge in [-0.05, 0) is 20.3 Å². The zero-order chi connectivity index (χ0) is 19.2. The molecule has 154 valence electrons. The van der Waals surface area contributed by atoms with E-state index in [9.17, 15) is 4.79 Å². The summed E-state index contributed by atoms with van der Waals surface area (Å²) >= 11 is 0. The molecule has 0 bridgehead atoms. The molecular weight excluding hydrogens is 332 g/mol. The molecule has 0 aliphatic carbocycles. The molecule has 0 atom stereocenters. The van der Waals surface area contributed by atoms with Crippen molar-refractivity contribution in [1.29, 1.82) is 0 Å². The summed E-state index contributed by atoms with van der Waals surface area (Å²) in [4.78, 5) is 16.4. The van der Waals surface area contributed by atoms with Crippen molar-refractivity contribution in [3.8, 4) is 0 Å². The first-order valence-corrected chi connectivity index (χ1v) is 10.2. The molecule has 26 heavy (non-hydrogen) atoms. The fraction of sp³-hybridized carbons (Fsp3) is 0.950. The van der Waals surface area contributed by atoms with Crippen molar-refractivity contribution in [1.82, 2.24) is 9.80 Å². The minimum absolute atomic E-state index is 0.128. The third-order valence-corrected chi connectivity index (χ3v) is 4.79. The van der Waals surface area contributed by atoms with Crippen LogP contribution < -0.4 is 0 Å². The summed E-state index contributed by atoms with van der Waals surface area (Å²) in [5.74, 6) is 0.437. The largest absolute Gasteiger partial charge is 0.379 e. The molecule has 0 saturated carbocycles. The van der Waals surface area contributed by atoms with E-state index in [1.165, 1.54) is 0 Å². The van der Waals surface area contributed by atoms with Gasteiger partial charge in [-0.1, -0.05) is 13.8 Å². The number of nitrogens with zero attached hydrogens (tertiary/aromatic N) is 2. The van der Waals surface area contributed by atoms with Crippen molar-refractivity contribution in [2.75, 3.05) is 72.4 Å². The van der Waals surface area contributed by atoms with Gasteiger partial charge in [0.05, 0.1) is 33.0 Å². The summed E-state index contributed by atoms with van der Waals surface area (Å²) in [6.45, 7) is 17.8. The normalized spacial score (nSPS) is 16.7. The maximum absolute atomic E-state index is 11.4. The van der Waals surface area contributed by atoms with Gasteiger partial charge in [-0.3, -0.25) is 14.6 Å². The summed E-state index contributed by atoms with van der Waals surface area (Å²) in [7, 11) is 0. The number of hydrogen-bond acceptors (Lipinski definition) is 6. The minimum atomic E-state index is 0.128. The second-order valence-electron chi connectivity index (χ2n) is 7.53. The van der Waals surface area contributed by atoms with E-state index in [0.29, 0.717) is 51.3 Å². The number of Topliss-reactive ketones (excluding diaryl/α,β-unsaturated/α-hetero) is 1. The predicted molar refractivity (Wildman–Crippen MR) is 105 cm³/mol. The Balaban J connectivity index is 1.79. The highest BCUT2D eigenvalue weighted by molar-refractivity contribution is 5.80. The molecule has 1 aliphatic heterocycles. The summed E-state index contributed by atoms with van der Waals surface area (Å²) < 4.78 is 16.6. The highest BCUT2D eigenvalue weighted by atomic mass is 16.5. The quantitative estimate of drug-likeness (QED) is 0.410. The zero-order valence-corrected chi connectivity index (χ0v) is 17.4. The molecule has 0 aromatic carbocycles. The van der Waals surface area contributed by atoms with E-state index in [1.807, 2.05) is 13.8 Å². The van der Waals surface area contributed by atoms with Crippen molar-refractivity contribution < 1.29 is 19.0 Å². The maximum atomic E-state index is 11.4. The molecule has 0 N–H and O–H groups in total. The number of rotatable bonds is 15. The topological polar surface area (TPSA) is 51.2 Å². The van der Waals surface area contributed by atoms with Crippen LogP contribution in [0.5, 0.6) is 0 Å². The van der Waals surface area contributed by atoms with Gasteiger partial charge in [-0.15, -0.1) is 0 Å². The van der Waals surface area contributed by atoms with Crippen molar-refractivity contribution in [2.45, 2.75) is 46.6 Å². The Labute approximate surface area is 160 Å². The Hall–Kier alpha value is -0.530. The fourth-order valence-corrected chi connectivity index (χ4v) is 2.88. The van der Waals surface area contributed by atoms with Gasteiger partial charge >= 0.3 is 0 Å². The first kappa shape index (κ1) is 23.5. The second-order valence-corrected chi connectivity index (χ2v) is 7.53. The van der Waals surface area contributed by atoms with Gasteiger partial charge in [0, 0.05) is 57.7 Å². The zero-order valence-electron chi connectivity index (χ0n) is 17.4. The minimum Gasteiger partial charge on any atom is -0.379 e. The standard InChI is InChI=1S/C20H40N2O4/c1-18(2)20(23)6-5-12-24-14-16-26-17-15-25-13-11-21-7-9-22(10-8-21)19(3)4/h18-19H,5-17H2,1-4H3. The predicted octanol–water partition coefficient (Wildman–Crippen LogP) is 2.07. The van der Waals surface area contributed by atoms with Crippen LogP contribution >= 0.6 is 0 Å². The van der Waals surface area contributed by atoms with Crippen molar-refractivity contribution in [2.24, 2.45) is 5.92 Å². The smallest absolute Gasteiger partial charge is 0.135 e. The molecule has 0 radical (unpaired) electrons. The molecule has 0 amide bonds. The van der Waals surface area contributed by atoms with Crippen LogP contribution in [0.25, 0.3) is 0 Å². The van der Waals surface area contributed by atoms with E-state index < -0.39 is 0 Å². The second kappa shape index (κ2) is 14.5. The van der Waals surface area contributed by atoms with Crippen LogP contribution in [-0.2, 0) is 19.0 Å². The fourth-order valence-electron chi connectivity index (χ4n) is 2.88. The lowest BCUT2D eigenvalue weighted by atomic mass is 10.1. The maximum Gasteiger partial charge on any atom is 0.135 e. The van der Waals surface area contributed by atoms with Gasteiger partial charge in [-0.25, -0.2) is 0 Å². The van der Waals surface area contributed by atoms with Crippen LogP contribution in [0.2, 0.25) is 0 Å². The van der Waals surface area contributed by atoms with Crippen molar-refractivity contribution >= 4 is 5.78 Å². The lowest BCUT2D eigenvalue weighted by Crippen LogP contribution is -2.49. The summed E-state index contributed by atoms with van der Waals surface area (Å²) in [5, 5.41) is 0. The molecule has 1 aliphatic rings. The van der Waals surface area contributed by atoms with Crippen molar-refractivity contribution in [3.05, 3.63) is 0 Å². The average molecular weight is 373 g/mol. The van der Waals surface area contributed by atoms with Gasteiger partial charge in [-0.2, -0.15) is 0 Å². The first-order chi connectivity index (χ1) is 12.5. The summed E-state index contributed by atoms with van der Waals surface area (Å²) in [5.41, 5.74) is 0. The van der Waals surface area contributed by atoms with E-state index in [-0.39, 0.29) is 5.92 Å². The lowest BCUT2D eigenvalue weighted by Gasteiger charge is -2.36. The molecule has 1 rings (SSSR count). The molecule has 1 saturated heterocycles. The number of ether oxygens (including phenoxy) is 3. The van der Waals surface area contributed by atoms with Crippen LogP contribution in [0.15, 0.2) is 0 Å². The third kappa shape index (κ3) is 11.2. The van der Waals surface area contributed by atoms with Gasteiger partial charge in [0.15, 0.2) is 0 Å². The molecule has 6 heteroatoms. The summed E-state index contributed by atoms with van der Waals surface area (Å²) in [6, 6.07) is 0.650. The number of hydrogen-bond donors (Lipinski definition) is 0. The van der Waals surface area contributed by atoms with Gasteiger partial charge in [0.1, 0.15) is 5.78 Å². The Bertz CT molecular complexity index is 356. The highest BCUT2D eigenvalue weighted by Crippen LogP contribution is 2.05. The Morgan fingerprint density at radius 3 is 1.88 bits per heavy atom. The monoisotopic (exact) mass is 372 g/mol. The Morgan fingerprint density at radius 2 is 1.35 bits per heavy atom. The van der Waals surface area contributed by atoms with E-state index in [4.69, 9.17) is 14.2 Å². The number of ketones is 1. The van der Waals surface area contributed by atoms with Crippen molar-refractivity contribution in [3.63, 3.8) is 0 Å². The molecular formula is C20H40N2O4. The van der Waals surface area contributed by atoms with Gasteiger partial charge in [0.2, 0.25) is 0 Å². The first-order valence-electron chi connectivity index (χ1n) is 10.2. The number of carbonyl (C=O) groups is 1. The van der Waals surface area contributed by atoms with E-state index in [1.54, 1.807) is 0 Å².